The van der Waals surface area contributed by atoms with Crippen LogP contribution in [-0.2, 0) is 16.0 Å². The summed E-state index contributed by atoms with van der Waals surface area (Å²) < 4.78 is 4.42. The Hall–Kier alpha value is -2.07. The highest BCUT2D eigenvalue weighted by Crippen LogP contribution is 2.34. The molecule has 0 aliphatic rings. The number of nitrogens with zero attached hydrogens (tertiary/aromatic N) is 2. The Morgan fingerprint density at radius 2 is 1.89 bits per heavy atom. The zero-order valence-electron chi connectivity index (χ0n) is 9.94. The first-order valence-corrected chi connectivity index (χ1v) is 5.11. The summed E-state index contributed by atoms with van der Waals surface area (Å²) in [4.78, 5) is 11.0. The number of ether oxygens (including phenoxy) is 1. The van der Waals surface area contributed by atoms with Crippen LogP contribution in [0.3, 0.4) is 0 Å². The highest BCUT2D eigenvalue weighted by Gasteiger charge is 2.10. The minimum atomic E-state index is -1.07. The van der Waals surface area contributed by atoms with E-state index in [2.05, 4.69) is 4.74 Å². The molecule has 3 N–H and O–H groups in total. The van der Waals surface area contributed by atoms with Crippen molar-refractivity contribution in [1.29, 1.82) is 0 Å². The minimum absolute atomic E-state index is 0.0330. The molecule has 0 spiro atoms. The molecule has 1 aromatic carbocycles. The molecule has 1 rings (SSSR count). The number of benzene rings is 1. The van der Waals surface area contributed by atoms with Gasteiger partial charge in [0.05, 0.1) is 12.8 Å². The van der Waals surface area contributed by atoms with E-state index in [4.69, 9.17) is 15.6 Å². The van der Waals surface area contributed by atoms with Crippen molar-refractivity contribution < 1.29 is 30.3 Å². The van der Waals surface area contributed by atoms with E-state index in [0.717, 1.165) is 12.1 Å². The number of hydrogen-bond donors (Lipinski definition) is 3. The molecule has 19 heavy (non-hydrogen) atoms. The normalized spacial score (nSPS) is 10.2. The summed E-state index contributed by atoms with van der Waals surface area (Å²) in [5, 5.41) is 47.7. The van der Waals surface area contributed by atoms with Gasteiger partial charge in [-0.2, -0.15) is 0 Å². The van der Waals surface area contributed by atoms with Crippen LogP contribution in [0.4, 0.5) is 11.4 Å². The molecule has 0 aliphatic carbocycles. The molecule has 0 bridgehead atoms. The van der Waals surface area contributed by atoms with Gasteiger partial charge in [-0.05, 0) is 24.1 Å². The third kappa shape index (κ3) is 3.69. The van der Waals surface area contributed by atoms with Gasteiger partial charge in [0.1, 0.15) is 0 Å². The average Bonchev–Trinajstić information content (AvgIpc) is 2.36. The summed E-state index contributed by atoms with van der Waals surface area (Å²) in [6.07, 6.45) is 0.0589. The molecule has 9 heteroatoms. The molecular formula is C10H12N2O7-2. The Kier molecular flexibility index (Phi) is 4.89. The predicted octanol–water partition coefficient (Wildman–Crippen LogP) is 0.144. The van der Waals surface area contributed by atoms with Crippen LogP contribution in [0.5, 0.6) is 5.75 Å². The highest BCUT2D eigenvalue weighted by molar-refractivity contribution is 5.72. The van der Waals surface area contributed by atoms with Gasteiger partial charge in [-0.15, -0.1) is 5.23 Å². The fraction of sp³-hybridized carbons (Fsp3) is 0.300. The van der Waals surface area contributed by atoms with Gasteiger partial charge < -0.3 is 20.3 Å². The van der Waals surface area contributed by atoms with Gasteiger partial charge >= 0.3 is 5.97 Å². The molecule has 0 saturated heterocycles. The number of carbonyl (C=O) groups excluding carboxylic acids is 1. The smallest absolute Gasteiger partial charge is 0.305 e. The maximum absolute atomic E-state index is 11.5. The lowest BCUT2D eigenvalue weighted by atomic mass is 10.1. The van der Waals surface area contributed by atoms with Crippen molar-refractivity contribution in [3.63, 3.8) is 0 Å². The van der Waals surface area contributed by atoms with Crippen molar-refractivity contribution >= 4 is 17.3 Å². The summed E-state index contributed by atoms with van der Waals surface area (Å²) in [6, 6.07) is 2.13. The second kappa shape index (κ2) is 6.20. The monoisotopic (exact) mass is 272 g/mol. The number of rotatable bonds is 5. The molecule has 0 atom stereocenters. The molecule has 0 radical (unpaired) electrons. The predicted molar refractivity (Wildman–Crippen MR) is 59.9 cm³/mol. The Balaban J connectivity index is 3.08. The van der Waals surface area contributed by atoms with Crippen molar-refractivity contribution in [3.8, 4) is 5.75 Å². The number of aryl methyl sites for hydroxylation is 1. The number of anilines is 2. The third-order valence-electron chi connectivity index (χ3n) is 2.38. The van der Waals surface area contributed by atoms with E-state index >= 15 is 0 Å². The number of hydrogen-bond acceptors (Lipinski definition) is 9. The molecule has 0 unspecified atom stereocenters. The maximum Gasteiger partial charge on any atom is 0.305 e. The van der Waals surface area contributed by atoms with Crippen molar-refractivity contribution in [2.75, 3.05) is 17.6 Å². The molecule has 0 amide bonds. The molecule has 0 aromatic heterocycles. The average molecular weight is 272 g/mol. The van der Waals surface area contributed by atoms with Gasteiger partial charge in [0.15, 0.2) is 0 Å². The molecule has 0 heterocycles. The highest BCUT2D eigenvalue weighted by atomic mass is 16.8. The standard InChI is InChI=1S/C10H13N2O7/c1-19-9(13)3-2-6-4-7(11(15)16)10(14)8(5-6)12(17)18/h4-5,14-17H,2-3H2,1H3/q-1/p-1. The Bertz CT molecular complexity index is 432. The first-order valence-electron chi connectivity index (χ1n) is 5.11. The van der Waals surface area contributed by atoms with Crippen LogP contribution >= 0.6 is 0 Å². The molecule has 1 aromatic rings. The van der Waals surface area contributed by atoms with E-state index in [1.54, 1.807) is 0 Å². The lowest BCUT2D eigenvalue weighted by Gasteiger charge is -2.30. The molecule has 0 saturated carbocycles. The minimum Gasteiger partial charge on any atom is -0.870 e. The van der Waals surface area contributed by atoms with Gasteiger partial charge in [-0.3, -0.25) is 20.4 Å². The largest absolute Gasteiger partial charge is 0.870 e. The van der Waals surface area contributed by atoms with Crippen LogP contribution in [0, 0.1) is 5.21 Å². The Labute approximate surface area is 107 Å². The van der Waals surface area contributed by atoms with Crippen LogP contribution in [0.1, 0.15) is 12.0 Å². The zero-order chi connectivity index (χ0) is 14.6. The topological polar surface area (TPSA) is 140 Å². The van der Waals surface area contributed by atoms with E-state index in [1.807, 2.05) is 0 Å². The van der Waals surface area contributed by atoms with Gasteiger partial charge in [0, 0.05) is 12.1 Å². The van der Waals surface area contributed by atoms with E-state index in [1.165, 1.54) is 7.11 Å². The first-order chi connectivity index (χ1) is 8.86. The summed E-state index contributed by atoms with van der Waals surface area (Å²) in [5.74, 6) is -1.58. The fourth-order valence-corrected chi connectivity index (χ4v) is 1.44. The van der Waals surface area contributed by atoms with Gasteiger partial charge in [-0.1, -0.05) is 5.75 Å². The third-order valence-corrected chi connectivity index (χ3v) is 2.38. The van der Waals surface area contributed by atoms with Gasteiger partial charge in [-0.25, -0.2) is 0 Å². The lowest BCUT2D eigenvalue weighted by molar-refractivity contribution is -0.267. The second-order valence-corrected chi connectivity index (χ2v) is 3.60. The molecule has 9 nitrogen and oxygen atoms in total. The van der Waals surface area contributed by atoms with Crippen molar-refractivity contribution in [1.82, 2.24) is 0 Å². The summed E-state index contributed by atoms with van der Waals surface area (Å²) in [6.45, 7) is 0. The SMILES string of the molecule is COC(=O)CCc1cc(N([O-])O)c([O-])c(N(O)O)c1. The number of carbonyl (C=O) groups is 1. The van der Waals surface area contributed by atoms with E-state index in [9.17, 15) is 15.1 Å². The van der Waals surface area contributed by atoms with Crippen molar-refractivity contribution in [2.24, 2.45) is 0 Å². The van der Waals surface area contributed by atoms with Crippen molar-refractivity contribution in [2.45, 2.75) is 12.8 Å². The van der Waals surface area contributed by atoms with Crippen LogP contribution in [0.15, 0.2) is 12.1 Å². The summed E-state index contributed by atoms with van der Waals surface area (Å²) >= 11 is 0. The van der Waals surface area contributed by atoms with Crippen molar-refractivity contribution in [3.05, 3.63) is 22.9 Å². The summed E-state index contributed by atoms with van der Waals surface area (Å²) in [7, 11) is 1.20. The van der Waals surface area contributed by atoms with Crippen LogP contribution in [0.25, 0.3) is 0 Å². The fourth-order valence-electron chi connectivity index (χ4n) is 1.44. The second-order valence-electron chi connectivity index (χ2n) is 3.60. The molecular weight excluding hydrogens is 260 g/mol. The molecule has 106 valence electrons. The van der Waals surface area contributed by atoms with E-state index < -0.39 is 33.5 Å². The maximum atomic E-state index is 11.5. The molecule has 0 aliphatic heterocycles. The number of methoxy groups -OCH3 is 1. The molecule has 0 fully saturated rings. The first kappa shape index (κ1) is 15.0. The summed E-state index contributed by atoms with van der Waals surface area (Å²) in [5.41, 5.74) is -1.03. The van der Waals surface area contributed by atoms with E-state index in [-0.39, 0.29) is 18.4 Å². The Morgan fingerprint density at radius 3 is 2.37 bits per heavy atom. The number of esters is 1. The quantitative estimate of drug-likeness (QED) is 0.504. The van der Waals surface area contributed by atoms with Crippen LogP contribution in [-0.4, -0.2) is 28.7 Å². The van der Waals surface area contributed by atoms with Gasteiger partial charge in [0.25, 0.3) is 0 Å². The zero-order valence-corrected chi connectivity index (χ0v) is 9.94. The Morgan fingerprint density at radius 1 is 1.32 bits per heavy atom. The van der Waals surface area contributed by atoms with Crippen LogP contribution in [0.2, 0.25) is 0 Å². The lowest BCUT2D eigenvalue weighted by Crippen LogP contribution is -2.18. The van der Waals surface area contributed by atoms with Gasteiger partial charge in [0.2, 0.25) is 0 Å². The van der Waals surface area contributed by atoms with E-state index in [0.29, 0.717) is 0 Å². The van der Waals surface area contributed by atoms with Crippen LogP contribution < -0.4 is 15.6 Å².